The predicted molar refractivity (Wildman–Crippen MR) is 106 cm³/mol. The minimum Gasteiger partial charge on any atom is -0.496 e. The summed E-state index contributed by atoms with van der Waals surface area (Å²) in [6.07, 6.45) is 1.46. The average Bonchev–Trinajstić information content (AvgIpc) is 3.24. The number of hydrogen-bond donors (Lipinski definition) is 1. The Hall–Kier alpha value is -2.85. The molecule has 150 valence electrons. The zero-order valence-electron chi connectivity index (χ0n) is 15.9. The van der Waals surface area contributed by atoms with Crippen molar-refractivity contribution >= 4 is 28.6 Å². The van der Waals surface area contributed by atoms with Gasteiger partial charge in [-0.05, 0) is 0 Å². The fourth-order valence-electron chi connectivity index (χ4n) is 2.64. The highest BCUT2D eigenvalue weighted by Crippen LogP contribution is 2.32. The van der Waals surface area contributed by atoms with Gasteiger partial charge in [-0.1, -0.05) is 0 Å². The summed E-state index contributed by atoms with van der Waals surface area (Å²) in [4.78, 5) is 18.8. The molecule has 1 aliphatic heterocycles. The molecule has 0 radical (unpaired) electrons. The van der Waals surface area contributed by atoms with Gasteiger partial charge in [0.15, 0.2) is 5.13 Å². The van der Waals surface area contributed by atoms with E-state index in [0.29, 0.717) is 41.7 Å². The Morgan fingerprint density at radius 1 is 1.21 bits per heavy atom. The van der Waals surface area contributed by atoms with Crippen LogP contribution in [0.2, 0.25) is 0 Å². The average molecular weight is 406 g/mol. The molecule has 1 aromatic carbocycles. The molecule has 1 saturated heterocycles. The van der Waals surface area contributed by atoms with Gasteiger partial charge in [-0.15, -0.1) is 11.3 Å². The van der Waals surface area contributed by atoms with E-state index in [4.69, 9.17) is 18.9 Å². The Balaban J connectivity index is 1.69. The summed E-state index contributed by atoms with van der Waals surface area (Å²) in [6.45, 7) is 2.86. The molecule has 0 unspecified atom stereocenters. The number of nitrogens with zero attached hydrogens (tertiary/aromatic N) is 3. The highest BCUT2D eigenvalue weighted by Gasteiger charge is 2.17. The van der Waals surface area contributed by atoms with Crippen LogP contribution in [0.25, 0.3) is 0 Å². The molecule has 1 amide bonds. The summed E-state index contributed by atoms with van der Waals surface area (Å²) in [5.74, 6) is 1.22. The third-order valence-electron chi connectivity index (χ3n) is 4.12. The van der Waals surface area contributed by atoms with Gasteiger partial charge < -0.3 is 23.8 Å². The molecule has 0 bridgehead atoms. The van der Waals surface area contributed by atoms with Crippen LogP contribution in [-0.2, 0) is 4.74 Å². The van der Waals surface area contributed by atoms with Gasteiger partial charge >= 0.3 is 0 Å². The van der Waals surface area contributed by atoms with Crippen molar-refractivity contribution in [1.29, 1.82) is 0 Å². The number of ether oxygens (including phenoxy) is 4. The molecule has 2 aromatic rings. The Kier molecular flexibility index (Phi) is 6.66. The largest absolute Gasteiger partial charge is 0.496 e. The quantitative estimate of drug-likeness (QED) is 0.553. The van der Waals surface area contributed by atoms with Crippen LogP contribution in [0.15, 0.2) is 22.6 Å². The molecule has 2 heterocycles. The van der Waals surface area contributed by atoms with Crippen LogP contribution in [0.5, 0.6) is 17.2 Å². The normalized spacial score (nSPS) is 14.2. The van der Waals surface area contributed by atoms with E-state index in [1.54, 1.807) is 24.6 Å². The summed E-state index contributed by atoms with van der Waals surface area (Å²) < 4.78 is 21.3. The maximum absolute atomic E-state index is 12.3. The molecule has 0 saturated carbocycles. The van der Waals surface area contributed by atoms with E-state index in [2.05, 4.69) is 20.4 Å². The smallest absolute Gasteiger partial charge is 0.290 e. The van der Waals surface area contributed by atoms with Gasteiger partial charge in [0.1, 0.15) is 22.9 Å². The van der Waals surface area contributed by atoms with Crippen LogP contribution in [0.3, 0.4) is 0 Å². The van der Waals surface area contributed by atoms with Crippen molar-refractivity contribution < 1.29 is 23.7 Å². The Labute approximate surface area is 166 Å². The lowest BCUT2D eigenvalue weighted by Gasteiger charge is -2.25. The van der Waals surface area contributed by atoms with E-state index >= 15 is 0 Å². The Morgan fingerprint density at radius 2 is 1.89 bits per heavy atom. The summed E-state index contributed by atoms with van der Waals surface area (Å²) >= 11 is 1.42. The molecule has 28 heavy (non-hydrogen) atoms. The number of amides is 1. The van der Waals surface area contributed by atoms with Crippen LogP contribution in [0.4, 0.5) is 5.13 Å². The van der Waals surface area contributed by atoms with Crippen LogP contribution in [0, 0.1) is 0 Å². The van der Waals surface area contributed by atoms with Gasteiger partial charge in [-0.3, -0.25) is 4.79 Å². The number of anilines is 1. The molecular formula is C18H22N4O5S. The second-order valence-electron chi connectivity index (χ2n) is 5.76. The fourth-order valence-corrected chi connectivity index (χ4v) is 3.50. The zero-order chi connectivity index (χ0) is 19.9. The second kappa shape index (κ2) is 9.38. The lowest BCUT2D eigenvalue weighted by Crippen LogP contribution is -2.36. The number of morpholine rings is 1. The van der Waals surface area contributed by atoms with E-state index in [1.165, 1.54) is 31.8 Å². The number of carbonyl (C=O) groups is 1. The van der Waals surface area contributed by atoms with Crippen LogP contribution < -0.4 is 24.5 Å². The van der Waals surface area contributed by atoms with Crippen molar-refractivity contribution in [2.24, 2.45) is 5.10 Å². The molecular weight excluding hydrogens is 384 g/mol. The second-order valence-corrected chi connectivity index (χ2v) is 6.60. The van der Waals surface area contributed by atoms with Crippen molar-refractivity contribution in [2.45, 2.75) is 0 Å². The van der Waals surface area contributed by atoms with Crippen molar-refractivity contribution in [3.8, 4) is 17.2 Å². The van der Waals surface area contributed by atoms with E-state index in [9.17, 15) is 4.79 Å². The van der Waals surface area contributed by atoms with Crippen LogP contribution in [0.1, 0.15) is 16.1 Å². The molecule has 1 aliphatic rings. The van der Waals surface area contributed by atoms with Crippen LogP contribution in [-0.4, -0.2) is 64.7 Å². The van der Waals surface area contributed by atoms with Gasteiger partial charge in [0.05, 0.1) is 46.3 Å². The Bertz CT molecular complexity index is 823. The van der Waals surface area contributed by atoms with E-state index in [1.807, 2.05) is 0 Å². The lowest BCUT2D eigenvalue weighted by atomic mass is 10.2. The minimum atomic E-state index is -0.390. The minimum absolute atomic E-state index is 0.317. The van der Waals surface area contributed by atoms with Crippen molar-refractivity contribution in [2.75, 3.05) is 52.5 Å². The van der Waals surface area contributed by atoms with Crippen molar-refractivity contribution in [3.63, 3.8) is 0 Å². The maximum atomic E-state index is 12.3. The number of hydrazone groups is 1. The number of rotatable bonds is 7. The monoisotopic (exact) mass is 406 g/mol. The third-order valence-corrected chi connectivity index (χ3v) is 5.02. The standard InChI is InChI=1S/C18H22N4O5S/c1-24-12-8-15(25-2)13(16(9-12)26-3)10-19-21-17(23)14-11-28-18(20-14)22-4-6-27-7-5-22/h8-11H,4-7H2,1-3H3,(H,21,23)/b19-10+. The molecule has 1 N–H and O–H groups in total. The molecule has 10 heteroatoms. The zero-order valence-corrected chi connectivity index (χ0v) is 16.7. The summed E-state index contributed by atoms with van der Waals surface area (Å²) in [7, 11) is 4.63. The first kappa shape index (κ1) is 19.9. The first-order valence-electron chi connectivity index (χ1n) is 8.58. The molecule has 9 nitrogen and oxygen atoms in total. The van der Waals surface area contributed by atoms with Gasteiger partial charge in [0.25, 0.3) is 5.91 Å². The van der Waals surface area contributed by atoms with E-state index in [0.717, 1.165) is 18.2 Å². The Morgan fingerprint density at radius 3 is 2.50 bits per heavy atom. The SMILES string of the molecule is COc1cc(OC)c(/C=N/NC(=O)c2csc(N3CCOCC3)n2)c(OC)c1. The number of benzene rings is 1. The summed E-state index contributed by atoms with van der Waals surface area (Å²) in [5, 5.41) is 6.53. The van der Waals surface area contributed by atoms with Gasteiger partial charge in [0.2, 0.25) is 0 Å². The number of aromatic nitrogens is 1. The van der Waals surface area contributed by atoms with E-state index < -0.39 is 5.91 Å². The summed E-state index contributed by atoms with van der Waals surface area (Å²) in [5.41, 5.74) is 3.38. The number of thiazole rings is 1. The molecule has 0 atom stereocenters. The molecule has 3 rings (SSSR count). The van der Waals surface area contributed by atoms with Gasteiger partial charge in [-0.25, -0.2) is 10.4 Å². The van der Waals surface area contributed by atoms with Crippen molar-refractivity contribution in [1.82, 2.24) is 10.4 Å². The number of hydrogen-bond acceptors (Lipinski definition) is 9. The van der Waals surface area contributed by atoms with Crippen molar-refractivity contribution in [3.05, 3.63) is 28.8 Å². The highest BCUT2D eigenvalue weighted by molar-refractivity contribution is 7.13. The first-order valence-corrected chi connectivity index (χ1v) is 9.46. The maximum Gasteiger partial charge on any atom is 0.290 e. The highest BCUT2D eigenvalue weighted by atomic mass is 32.1. The first-order chi connectivity index (χ1) is 13.7. The lowest BCUT2D eigenvalue weighted by molar-refractivity contribution is 0.0950. The third kappa shape index (κ3) is 4.52. The molecule has 0 spiro atoms. The number of nitrogens with one attached hydrogen (secondary N) is 1. The summed E-state index contributed by atoms with van der Waals surface area (Å²) in [6, 6.07) is 3.42. The van der Waals surface area contributed by atoms with Gasteiger partial charge in [-0.2, -0.15) is 5.10 Å². The van der Waals surface area contributed by atoms with Crippen LogP contribution >= 0.6 is 11.3 Å². The number of methoxy groups -OCH3 is 3. The predicted octanol–water partition coefficient (Wildman–Crippen LogP) is 1.77. The molecule has 0 aliphatic carbocycles. The topological polar surface area (TPSA) is 94.5 Å². The van der Waals surface area contributed by atoms with E-state index in [-0.39, 0.29) is 0 Å². The fraction of sp³-hybridized carbons (Fsp3) is 0.389. The van der Waals surface area contributed by atoms with Gasteiger partial charge in [0, 0.05) is 30.6 Å². The number of carbonyl (C=O) groups excluding carboxylic acids is 1. The molecule has 1 aromatic heterocycles. The molecule has 1 fully saturated rings.